The summed E-state index contributed by atoms with van der Waals surface area (Å²) in [6.07, 6.45) is 0. The molecule has 2 atom stereocenters. The van der Waals surface area contributed by atoms with Crippen LogP contribution >= 0.6 is 11.8 Å². The van der Waals surface area contributed by atoms with E-state index in [9.17, 15) is 19.7 Å². The number of rotatable bonds is 3. The van der Waals surface area contributed by atoms with Gasteiger partial charge in [0.1, 0.15) is 6.04 Å². The van der Waals surface area contributed by atoms with Crippen molar-refractivity contribution in [2.24, 2.45) is 0 Å². The second-order valence-corrected chi connectivity index (χ2v) is 6.11. The van der Waals surface area contributed by atoms with Gasteiger partial charge < -0.3 is 10.0 Å². The molecule has 1 aromatic rings. The highest BCUT2D eigenvalue weighted by molar-refractivity contribution is 8.00. The molecule has 1 heterocycles. The van der Waals surface area contributed by atoms with Crippen LogP contribution in [0.5, 0.6) is 0 Å². The minimum absolute atomic E-state index is 0.132. The summed E-state index contributed by atoms with van der Waals surface area (Å²) in [6.45, 7) is 3.33. The van der Waals surface area contributed by atoms with Crippen molar-refractivity contribution in [3.05, 3.63) is 39.4 Å². The Labute approximate surface area is 125 Å². The van der Waals surface area contributed by atoms with Gasteiger partial charge in [-0.05, 0) is 19.9 Å². The molecular formula is C13H14N2O5S. The van der Waals surface area contributed by atoms with Crippen molar-refractivity contribution >= 4 is 29.3 Å². The zero-order valence-electron chi connectivity index (χ0n) is 11.5. The monoisotopic (exact) mass is 310 g/mol. The first kappa shape index (κ1) is 15.3. The number of carboxylic acids is 1. The Kier molecular flexibility index (Phi) is 4.17. The standard InChI is InChI=1S/C13H14N2O5S/c1-7-3-4-9(5-10(7)15(19)20)12(16)14-8(2)21-6-11(14)13(17)18/h3-5,8,11H,6H2,1-2H3,(H,17,18). The summed E-state index contributed by atoms with van der Waals surface area (Å²) in [6, 6.07) is 3.28. The second kappa shape index (κ2) is 5.72. The van der Waals surface area contributed by atoms with Gasteiger partial charge in [0.05, 0.1) is 10.3 Å². The van der Waals surface area contributed by atoms with Gasteiger partial charge in [-0.1, -0.05) is 6.07 Å². The fourth-order valence-electron chi connectivity index (χ4n) is 2.23. The Hall–Kier alpha value is -2.09. The molecule has 112 valence electrons. The molecule has 1 N–H and O–H groups in total. The summed E-state index contributed by atoms with van der Waals surface area (Å²) in [5, 5.41) is 19.8. The van der Waals surface area contributed by atoms with Gasteiger partial charge in [0.2, 0.25) is 0 Å². The molecule has 1 aromatic carbocycles. The zero-order valence-corrected chi connectivity index (χ0v) is 12.3. The first-order valence-corrected chi connectivity index (χ1v) is 7.30. The van der Waals surface area contributed by atoms with Crippen LogP contribution in [0.15, 0.2) is 18.2 Å². The highest BCUT2D eigenvalue weighted by Crippen LogP contribution is 2.31. The molecule has 0 aliphatic carbocycles. The number of nitro benzene ring substituents is 1. The maximum absolute atomic E-state index is 12.5. The predicted molar refractivity (Wildman–Crippen MR) is 77.3 cm³/mol. The molecule has 1 amide bonds. The summed E-state index contributed by atoms with van der Waals surface area (Å²) in [5.74, 6) is -1.25. The van der Waals surface area contributed by atoms with Crippen LogP contribution in [0.3, 0.4) is 0 Å². The molecule has 0 radical (unpaired) electrons. The van der Waals surface area contributed by atoms with Gasteiger partial charge in [-0.2, -0.15) is 0 Å². The first-order valence-electron chi connectivity index (χ1n) is 6.25. The van der Waals surface area contributed by atoms with E-state index in [1.54, 1.807) is 13.8 Å². The van der Waals surface area contributed by atoms with Crippen LogP contribution in [0.1, 0.15) is 22.8 Å². The third-order valence-corrected chi connectivity index (χ3v) is 4.61. The number of hydrogen-bond donors (Lipinski definition) is 1. The molecule has 8 heteroatoms. The number of nitro groups is 1. The highest BCUT2D eigenvalue weighted by Gasteiger charge is 2.40. The van der Waals surface area contributed by atoms with Crippen LogP contribution in [-0.4, -0.2) is 44.0 Å². The van der Waals surface area contributed by atoms with E-state index >= 15 is 0 Å². The fraction of sp³-hybridized carbons (Fsp3) is 0.385. The minimum Gasteiger partial charge on any atom is -0.480 e. The summed E-state index contributed by atoms with van der Waals surface area (Å²) in [7, 11) is 0. The van der Waals surface area contributed by atoms with Crippen molar-refractivity contribution in [1.29, 1.82) is 0 Å². The Balaban J connectivity index is 2.37. The number of carbonyl (C=O) groups excluding carboxylic acids is 1. The van der Waals surface area contributed by atoms with E-state index in [0.717, 1.165) is 0 Å². The second-order valence-electron chi connectivity index (χ2n) is 4.76. The third-order valence-electron chi connectivity index (χ3n) is 3.40. The number of carboxylic acid groups (broad SMARTS) is 1. The number of carbonyl (C=O) groups is 2. The number of nitrogens with zero attached hydrogens (tertiary/aromatic N) is 2. The third kappa shape index (κ3) is 2.85. The van der Waals surface area contributed by atoms with E-state index in [4.69, 9.17) is 5.11 Å². The smallest absolute Gasteiger partial charge is 0.327 e. The van der Waals surface area contributed by atoms with Gasteiger partial charge >= 0.3 is 5.97 Å². The van der Waals surface area contributed by atoms with Crippen LogP contribution in [-0.2, 0) is 4.79 Å². The average molecular weight is 310 g/mol. The quantitative estimate of drug-likeness (QED) is 0.676. The van der Waals surface area contributed by atoms with E-state index in [0.29, 0.717) is 11.3 Å². The van der Waals surface area contributed by atoms with Gasteiger partial charge in [-0.25, -0.2) is 4.79 Å². The maximum Gasteiger partial charge on any atom is 0.327 e. The molecule has 2 rings (SSSR count). The number of thioether (sulfide) groups is 1. The Morgan fingerprint density at radius 3 is 2.71 bits per heavy atom. The van der Waals surface area contributed by atoms with Gasteiger partial charge in [0, 0.05) is 22.9 Å². The normalized spacial score (nSPS) is 21.3. The lowest BCUT2D eigenvalue weighted by molar-refractivity contribution is -0.385. The van der Waals surface area contributed by atoms with Crippen molar-refractivity contribution in [3.8, 4) is 0 Å². The number of benzene rings is 1. The Morgan fingerprint density at radius 2 is 2.14 bits per heavy atom. The van der Waals surface area contributed by atoms with Crippen molar-refractivity contribution in [2.75, 3.05) is 5.75 Å². The van der Waals surface area contributed by atoms with Crippen molar-refractivity contribution in [1.82, 2.24) is 4.90 Å². The molecule has 2 unspecified atom stereocenters. The number of amides is 1. The van der Waals surface area contributed by atoms with E-state index < -0.39 is 22.8 Å². The van der Waals surface area contributed by atoms with E-state index in [1.807, 2.05) is 0 Å². The average Bonchev–Trinajstić information content (AvgIpc) is 2.80. The first-order chi connectivity index (χ1) is 9.82. The van der Waals surface area contributed by atoms with Gasteiger partial charge in [0.25, 0.3) is 11.6 Å². The number of aryl methyl sites for hydroxylation is 1. The predicted octanol–water partition coefficient (Wildman–Crippen LogP) is 1.89. The van der Waals surface area contributed by atoms with Crippen LogP contribution in [0.4, 0.5) is 5.69 Å². The molecule has 1 aliphatic rings. The molecular weight excluding hydrogens is 296 g/mol. The summed E-state index contributed by atoms with van der Waals surface area (Å²) in [5.41, 5.74) is 0.440. The highest BCUT2D eigenvalue weighted by atomic mass is 32.2. The SMILES string of the molecule is Cc1ccc(C(=O)N2C(C)SCC2C(=O)O)cc1[N+](=O)[O-]. The summed E-state index contributed by atoms with van der Waals surface area (Å²) >= 11 is 1.37. The van der Waals surface area contributed by atoms with Gasteiger partial charge in [-0.15, -0.1) is 11.8 Å². The number of hydrogen-bond acceptors (Lipinski definition) is 5. The molecule has 21 heavy (non-hydrogen) atoms. The fourth-order valence-corrected chi connectivity index (χ4v) is 3.40. The lowest BCUT2D eigenvalue weighted by atomic mass is 10.1. The molecule has 7 nitrogen and oxygen atoms in total. The summed E-state index contributed by atoms with van der Waals surface area (Å²) in [4.78, 5) is 35.3. The Morgan fingerprint density at radius 1 is 1.48 bits per heavy atom. The van der Waals surface area contributed by atoms with Crippen LogP contribution < -0.4 is 0 Å². The summed E-state index contributed by atoms with van der Waals surface area (Å²) < 4.78 is 0. The molecule has 0 bridgehead atoms. The van der Waals surface area contributed by atoms with Crippen molar-refractivity contribution in [3.63, 3.8) is 0 Å². The molecule has 0 saturated carbocycles. The molecule has 1 aliphatic heterocycles. The molecule has 0 aromatic heterocycles. The minimum atomic E-state index is -1.07. The van der Waals surface area contributed by atoms with Crippen molar-refractivity contribution in [2.45, 2.75) is 25.3 Å². The van der Waals surface area contributed by atoms with E-state index in [2.05, 4.69) is 0 Å². The maximum atomic E-state index is 12.5. The lowest BCUT2D eigenvalue weighted by Crippen LogP contribution is -2.44. The zero-order chi connectivity index (χ0) is 15.7. The molecule has 1 saturated heterocycles. The van der Waals surface area contributed by atoms with Crippen LogP contribution in [0.2, 0.25) is 0 Å². The topological polar surface area (TPSA) is 101 Å². The van der Waals surface area contributed by atoms with Gasteiger partial charge in [0.15, 0.2) is 0 Å². The largest absolute Gasteiger partial charge is 0.480 e. The van der Waals surface area contributed by atoms with Crippen LogP contribution in [0, 0.1) is 17.0 Å². The van der Waals surface area contributed by atoms with E-state index in [-0.39, 0.29) is 16.6 Å². The Bertz CT molecular complexity index is 619. The molecule has 0 spiro atoms. The van der Waals surface area contributed by atoms with Crippen molar-refractivity contribution < 1.29 is 19.6 Å². The lowest BCUT2D eigenvalue weighted by Gasteiger charge is -2.25. The van der Waals surface area contributed by atoms with Crippen LogP contribution in [0.25, 0.3) is 0 Å². The van der Waals surface area contributed by atoms with E-state index in [1.165, 1.54) is 34.9 Å². The number of aliphatic carboxylic acids is 1. The van der Waals surface area contributed by atoms with Gasteiger partial charge in [-0.3, -0.25) is 14.9 Å². The molecule has 1 fully saturated rings.